The Hall–Kier alpha value is 0.1000. The van der Waals surface area contributed by atoms with E-state index in [0.717, 1.165) is 38.0 Å². The molecule has 1 fully saturated rings. The molecule has 1 aromatic rings. The summed E-state index contributed by atoms with van der Waals surface area (Å²) in [4.78, 5) is 0. The molecule has 2 aliphatic rings. The van der Waals surface area contributed by atoms with Crippen molar-refractivity contribution >= 4 is 28.5 Å². The normalized spacial score (nSPS) is 26.0. The van der Waals surface area contributed by atoms with Crippen molar-refractivity contribution in [1.82, 2.24) is 0 Å². The van der Waals surface area contributed by atoms with E-state index in [-0.39, 0.29) is 0 Å². The number of fused-ring (bicyclic) bond motifs is 2. The lowest BCUT2D eigenvalue weighted by atomic mass is 9.74. The van der Waals surface area contributed by atoms with Gasteiger partial charge in [-0.05, 0) is 83.2 Å². The molecule has 5 unspecified atom stereocenters. The minimum Gasteiger partial charge on any atom is -0.496 e. The highest BCUT2D eigenvalue weighted by Gasteiger charge is 2.41. The maximum Gasteiger partial charge on any atom is 0.122 e. The van der Waals surface area contributed by atoms with Gasteiger partial charge in [0.15, 0.2) is 0 Å². The molecule has 0 spiro atoms. The highest BCUT2D eigenvalue weighted by atomic mass is 127. The zero-order valence-corrected chi connectivity index (χ0v) is 19.2. The van der Waals surface area contributed by atoms with E-state index in [1.807, 2.05) is 0 Å². The number of halogens is 1. The fourth-order valence-corrected chi connectivity index (χ4v) is 6.08. The van der Waals surface area contributed by atoms with Crippen molar-refractivity contribution in [3.05, 3.63) is 29.3 Å². The molecule has 0 amide bonds. The fourth-order valence-electron chi connectivity index (χ4n) is 4.64. The summed E-state index contributed by atoms with van der Waals surface area (Å²) in [6.07, 6.45) is 10.4. The third kappa shape index (κ3) is 5.12. The maximum absolute atomic E-state index is 6.26. The van der Waals surface area contributed by atoms with Crippen molar-refractivity contribution in [2.75, 3.05) is 13.7 Å². The van der Waals surface area contributed by atoms with Crippen LogP contribution in [0.25, 0.3) is 0 Å². The minimum atomic E-state index is 0.397. The van der Waals surface area contributed by atoms with Gasteiger partial charge in [0.05, 0.1) is 32.4 Å². The smallest absolute Gasteiger partial charge is 0.122 e. The van der Waals surface area contributed by atoms with Crippen molar-refractivity contribution in [3.8, 4) is 5.75 Å². The van der Waals surface area contributed by atoms with Gasteiger partial charge in [0, 0.05) is 0 Å². The Morgan fingerprint density at radius 1 is 1.27 bits per heavy atom. The van der Waals surface area contributed by atoms with E-state index in [1.165, 1.54) is 36.8 Å². The molecule has 1 heterocycles. The van der Waals surface area contributed by atoms with Crippen LogP contribution in [0.15, 0.2) is 18.2 Å². The molecule has 146 valence electrons. The summed E-state index contributed by atoms with van der Waals surface area (Å²) in [5.74, 6) is 2.36. The topological polar surface area (TPSA) is 27.7 Å². The van der Waals surface area contributed by atoms with Gasteiger partial charge in [-0.15, -0.1) is 0 Å². The second kappa shape index (κ2) is 10.6. The molecule has 0 N–H and O–H groups in total. The second-order valence-corrected chi connectivity index (χ2v) is 9.40. The summed E-state index contributed by atoms with van der Waals surface area (Å²) in [7, 11) is 1.78. The van der Waals surface area contributed by atoms with Gasteiger partial charge in [-0.25, -0.2) is 0 Å². The average molecular weight is 490 g/mol. The molecule has 0 bridgehead atoms. The molecule has 0 saturated carbocycles. The Balaban J connectivity index is 1.57. The summed E-state index contributed by atoms with van der Waals surface area (Å²) in [5, 5.41) is 0. The standard InChI is InChI=1S/C21H32IO3P/c1-3-4-5-8-17(25-26-22)10-11-21-19-12-15-7-6-9-20(23-2)18(15)13-16(19)14-24-21/h6-7,9,16-17,19,21,26H,3-5,8,10-14H2,1-2H3. The van der Waals surface area contributed by atoms with Crippen LogP contribution in [0.5, 0.6) is 5.75 Å². The maximum atomic E-state index is 6.26. The lowest BCUT2D eigenvalue weighted by Gasteiger charge is -2.30. The van der Waals surface area contributed by atoms with E-state index < -0.39 is 0 Å². The summed E-state index contributed by atoms with van der Waals surface area (Å²) in [6, 6.07) is 6.49. The number of unbranched alkanes of at least 4 members (excludes halogenated alkanes) is 2. The molecule has 0 aromatic heterocycles. The van der Waals surface area contributed by atoms with E-state index >= 15 is 0 Å². The van der Waals surface area contributed by atoms with Crippen LogP contribution in [0.1, 0.15) is 56.6 Å². The predicted octanol–water partition coefficient (Wildman–Crippen LogP) is 6.11. The number of benzene rings is 1. The average Bonchev–Trinajstić information content (AvgIpc) is 3.06. The number of methoxy groups -OCH3 is 1. The first-order valence-corrected chi connectivity index (χ1v) is 14.1. The Morgan fingerprint density at radius 3 is 2.92 bits per heavy atom. The van der Waals surface area contributed by atoms with Crippen molar-refractivity contribution in [2.45, 2.75) is 70.5 Å². The van der Waals surface area contributed by atoms with Crippen LogP contribution < -0.4 is 4.74 Å². The van der Waals surface area contributed by atoms with Gasteiger partial charge in [-0.3, -0.25) is 0 Å². The Kier molecular flexibility index (Phi) is 8.48. The van der Waals surface area contributed by atoms with Gasteiger partial charge in [-0.2, -0.15) is 0 Å². The first-order chi connectivity index (χ1) is 12.8. The van der Waals surface area contributed by atoms with Gasteiger partial charge in [0.2, 0.25) is 0 Å². The molecule has 26 heavy (non-hydrogen) atoms. The molecular formula is C21H32IO3P. The quantitative estimate of drug-likeness (QED) is 0.225. The van der Waals surface area contributed by atoms with Gasteiger partial charge in [0.25, 0.3) is 0 Å². The summed E-state index contributed by atoms with van der Waals surface area (Å²) >= 11 is 2.35. The predicted molar refractivity (Wildman–Crippen MR) is 118 cm³/mol. The van der Waals surface area contributed by atoms with Crippen molar-refractivity contribution < 1.29 is 14.0 Å². The van der Waals surface area contributed by atoms with Crippen LogP contribution >= 0.6 is 28.5 Å². The molecule has 5 atom stereocenters. The van der Waals surface area contributed by atoms with Crippen LogP contribution in [0.4, 0.5) is 0 Å². The lowest BCUT2D eigenvalue weighted by Crippen LogP contribution is -2.29. The molecule has 5 heteroatoms. The molecule has 1 saturated heterocycles. The van der Waals surface area contributed by atoms with Crippen LogP contribution in [-0.4, -0.2) is 25.9 Å². The molecule has 1 aliphatic heterocycles. The van der Waals surface area contributed by atoms with E-state index in [1.54, 1.807) is 7.11 Å². The molecule has 3 nitrogen and oxygen atoms in total. The second-order valence-electron chi connectivity index (χ2n) is 7.69. The van der Waals surface area contributed by atoms with Gasteiger partial charge < -0.3 is 14.0 Å². The number of hydrogen-bond donors (Lipinski definition) is 0. The first kappa shape index (κ1) is 20.8. The highest BCUT2D eigenvalue weighted by Crippen LogP contribution is 2.42. The molecule has 1 aromatic carbocycles. The molecule has 0 radical (unpaired) electrons. The Bertz CT molecular complexity index is 568. The van der Waals surface area contributed by atoms with Gasteiger partial charge >= 0.3 is 0 Å². The summed E-state index contributed by atoms with van der Waals surface area (Å²) in [6.45, 7) is 3.73. The van der Waals surface area contributed by atoms with Crippen molar-refractivity contribution in [3.63, 3.8) is 0 Å². The van der Waals surface area contributed by atoms with Crippen LogP contribution in [0.3, 0.4) is 0 Å². The van der Waals surface area contributed by atoms with E-state index in [2.05, 4.69) is 47.2 Å². The van der Waals surface area contributed by atoms with E-state index in [4.69, 9.17) is 14.0 Å². The molecule has 3 rings (SSSR count). The number of hydrogen-bond acceptors (Lipinski definition) is 3. The zero-order chi connectivity index (χ0) is 18.4. The Labute approximate surface area is 173 Å². The number of ether oxygens (including phenoxy) is 2. The summed E-state index contributed by atoms with van der Waals surface area (Å²) < 4.78 is 17.9. The highest BCUT2D eigenvalue weighted by molar-refractivity contribution is 14.2. The van der Waals surface area contributed by atoms with Crippen molar-refractivity contribution in [1.29, 1.82) is 0 Å². The van der Waals surface area contributed by atoms with E-state index in [9.17, 15) is 0 Å². The monoisotopic (exact) mass is 490 g/mol. The fraction of sp³-hybridized carbons (Fsp3) is 0.714. The SMILES string of the molecule is CCCCCC(CCC1OCC2Cc3c(cccc3OC)CC21)OPI. The Morgan fingerprint density at radius 2 is 2.15 bits per heavy atom. The van der Waals surface area contributed by atoms with E-state index in [0.29, 0.717) is 30.5 Å². The number of rotatable bonds is 10. The van der Waals surface area contributed by atoms with Crippen LogP contribution in [-0.2, 0) is 22.1 Å². The summed E-state index contributed by atoms with van der Waals surface area (Å²) in [5.41, 5.74) is 2.87. The zero-order valence-electron chi connectivity index (χ0n) is 16.0. The molecular weight excluding hydrogens is 458 g/mol. The van der Waals surface area contributed by atoms with Crippen LogP contribution in [0, 0.1) is 11.8 Å². The molecule has 1 aliphatic carbocycles. The van der Waals surface area contributed by atoms with Gasteiger partial charge in [-0.1, -0.05) is 38.3 Å². The van der Waals surface area contributed by atoms with Crippen LogP contribution in [0.2, 0.25) is 0 Å². The lowest BCUT2D eigenvalue weighted by molar-refractivity contribution is 0.0692. The largest absolute Gasteiger partial charge is 0.496 e. The minimum absolute atomic E-state index is 0.397. The third-order valence-corrected chi connectivity index (χ3v) is 7.28. The third-order valence-electron chi connectivity index (χ3n) is 6.09. The van der Waals surface area contributed by atoms with Crippen molar-refractivity contribution in [2.24, 2.45) is 11.8 Å². The van der Waals surface area contributed by atoms with Gasteiger partial charge in [0.1, 0.15) is 5.75 Å². The first-order valence-electron chi connectivity index (χ1n) is 10.0.